The molecule has 1 aromatic carbocycles. The van der Waals surface area contributed by atoms with Gasteiger partial charge in [-0.1, -0.05) is 36.8 Å². The summed E-state index contributed by atoms with van der Waals surface area (Å²) in [5.74, 6) is 0.828. The Labute approximate surface area is 108 Å². The zero-order valence-corrected chi connectivity index (χ0v) is 10.7. The molecule has 18 heavy (non-hydrogen) atoms. The summed E-state index contributed by atoms with van der Waals surface area (Å²) < 4.78 is 0. The molecule has 0 amide bonds. The summed E-state index contributed by atoms with van der Waals surface area (Å²) in [6, 6.07) is 9.40. The Morgan fingerprint density at radius 2 is 1.94 bits per heavy atom. The van der Waals surface area contributed by atoms with E-state index in [1.165, 1.54) is 6.42 Å². The maximum atomic E-state index is 11.9. The average Bonchev–Trinajstić information content (AvgIpc) is 2.42. The molecule has 2 rings (SSSR count). The number of carbonyl (C=O) groups excluding carboxylic acids is 2. The van der Waals surface area contributed by atoms with Gasteiger partial charge in [0.2, 0.25) is 0 Å². The molecule has 0 spiro atoms. The molecule has 1 unspecified atom stereocenters. The lowest BCUT2D eigenvalue weighted by molar-refractivity contribution is -0.124. The lowest BCUT2D eigenvalue weighted by Crippen LogP contribution is -2.19. The van der Waals surface area contributed by atoms with Crippen LogP contribution in [0.5, 0.6) is 0 Å². The summed E-state index contributed by atoms with van der Waals surface area (Å²) >= 11 is 0. The van der Waals surface area contributed by atoms with E-state index in [4.69, 9.17) is 0 Å². The predicted octanol–water partition coefficient (Wildman–Crippen LogP) is 3.80. The number of rotatable bonds is 5. The molecule has 2 nitrogen and oxygen atoms in total. The van der Waals surface area contributed by atoms with Gasteiger partial charge in [0, 0.05) is 24.3 Å². The van der Waals surface area contributed by atoms with Crippen LogP contribution in [0.25, 0.3) is 0 Å². The van der Waals surface area contributed by atoms with Crippen LogP contribution in [0.15, 0.2) is 30.3 Å². The van der Waals surface area contributed by atoms with E-state index < -0.39 is 0 Å². The first-order valence-electron chi connectivity index (χ1n) is 6.88. The Bertz CT molecular complexity index is 408. The molecular weight excluding hydrogens is 224 g/mol. The second kappa shape index (κ2) is 6.48. The van der Waals surface area contributed by atoms with Crippen LogP contribution in [0.2, 0.25) is 0 Å². The molecule has 2 heteroatoms. The fourth-order valence-electron chi connectivity index (χ4n) is 2.64. The fourth-order valence-corrected chi connectivity index (χ4v) is 2.64. The standard InChI is InChI=1S/C16H20O2/c17-15-11-5-4-9-14(15)10-6-12-16(18)13-7-2-1-3-8-13/h1-3,7-8,14H,4-6,9-12H2. The largest absolute Gasteiger partial charge is 0.299 e. The second-order valence-corrected chi connectivity index (χ2v) is 5.09. The van der Waals surface area contributed by atoms with Crippen molar-refractivity contribution < 1.29 is 9.59 Å². The van der Waals surface area contributed by atoms with Gasteiger partial charge in [-0.05, 0) is 25.7 Å². The lowest BCUT2D eigenvalue weighted by atomic mass is 9.84. The highest BCUT2D eigenvalue weighted by Crippen LogP contribution is 2.25. The fraction of sp³-hybridized carbons (Fsp3) is 0.500. The minimum absolute atomic E-state index is 0.193. The number of hydrogen-bond acceptors (Lipinski definition) is 2. The molecule has 1 aromatic rings. The first-order valence-corrected chi connectivity index (χ1v) is 6.88. The monoisotopic (exact) mass is 244 g/mol. The summed E-state index contributed by atoms with van der Waals surface area (Å²) in [7, 11) is 0. The van der Waals surface area contributed by atoms with Crippen LogP contribution in [0.3, 0.4) is 0 Å². The minimum atomic E-state index is 0.193. The van der Waals surface area contributed by atoms with Crippen molar-refractivity contribution in [3.63, 3.8) is 0 Å². The topological polar surface area (TPSA) is 34.1 Å². The normalized spacial score (nSPS) is 19.8. The van der Waals surface area contributed by atoms with Gasteiger partial charge in [0.1, 0.15) is 5.78 Å². The highest BCUT2D eigenvalue weighted by molar-refractivity contribution is 5.95. The van der Waals surface area contributed by atoms with Crippen LogP contribution in [0.1, 0.15) is 55.3 Å². The van der Waals surface area contributed by atoms with E-state index >= 15 is 0 Å². The van der Waals surface area contributed by atoms with Crippen molar-refractivity contribution in [3.8, 4) is 0 Å². The van der Waals surface area contributed by atoms with E-state index in [-0.39, 0.29) is 11.7 Å². The van der Waals surface area contributed by atoms with Gasteiger partial charge < -0.3 is 0 Å². The van der Waals surface area contributed by atoms with E-state index in [1.54, 1.807) is 0 Å². The molecule has 1 fully saturated rings. The summed E-state index contributed by atoms with van der Waals surface area (Å²) in [6.45, 7) is 0. The molecular formula is C16H20O2. The van der Waals surface area contributed by atoms with Gasteiger partial charge in [0.25, 0.3) is 0 Å². The molecule has 1 aliphatic rings. The van der Waals surface area contributed by atoms with Crippen LogP contribution in [0.4, 0.5) is 0 Å². The number of hydrogen-bond donors (Lipinski definition) is 0. The van der Waals surface area contributed by atoms with Crippen LogP contribution in [-0.2, 0) is 4.79 Å². The van der Waals surface area contributed by atoms with Gasteiger partial charge in [0.05, 0.1) is 0 Å². The van der Waals surface area contributed by atoms with E-state index in [2.05, 4.69) is 0 Å². The maximum Gasteiger partial charge on any atom is 0.162 e. The van der Waals surface area contributed by atoms with Crippen LogP contribution >= 0.6 is 0 Å². The minimum Gasteiger partial charge on any atom is -0.299 e. The van der Waals surface area contributed by atoms with E-state index in [1.807, 2.05) is 30.3 Å². The second-order valence-electron chi connectivity index (χ2n) is 5.09. The molecule has 1 saturated carbocycles. The van der Waals surface area contributed by atoms with Crippen molar-refractivity contribution in [2.24, 2.45) is 5.92 Å². The van der Waals surface area contributed by atoms with Crippen LogP contribution < -0.4 is 0 Å². The quantitative estimate of drug-likeness (QED) is 0.738. The van der Waals surface area contributed by atoms with Gasteiger partial charge in [-0.25, -0.2) is 0 Å². The SMILES string of the molecule is O=C(CCCC1CCCCC1=O)c1ccccc1. The van der Waals surface area contributed by atoms with E-state index in [0.29, 0.717) is 12.2 Å². The molecule has 0 N–H and O–H groups in total. The molecule has 0 radical (unpaired) electrons. The van der Waals surface area contributed by atoms with Gasteiger partial charge >= 0.3 is 0 Å². The van der Waals surface area contributed by atoms with E-state index in [9.17, 15) is 9.59 Å². The average molecular weight is 244 g/mol. The highest BCUT2D eigenvalue weighted by Gasteiger charge is 2.21. The van der Waals surface area contributed by atoms with E-state index in [0.717, 1.165) is 37.7 Å². The molecule has 1 aliphatic carbocycles. The van der Waals surface area contributed by atoms with Gasteiger partial charge in [-0.2, -0.15) is 0 Å². The van der Waals surface area contributed by atoms with Crippen molar-refractivity contribution in [1.82, 2.24) is 0 Å². The lowest BCUT2D eigenvalue weighted by Gasteiger charge is -2.19. The summed E-state index contributed by atoms with van der Waals surface area (Å²) in [5, 5.41) is 0. The molecule has 0 saturated heterocycles. The predicted molar refractivity (Wildman–Crippen MR) is 71.6 cm³/mol. The molecule has 0 heterocycles. The first kappa shape index (κ1) is 13.0. The number of Topliss-reactive ketones (excluding diaryl/α,β-unsaturated/α-hetero) is 2. The number of carbonyl (C=O) groups is 2. The molecule has 1 atom stereocenters. The zero-order valence-electron chi connectivity index (χ0n) is 10.7. The molecule has 96 valence electrons. The maximum absolute atomic E-state index is 11.9. The van der Waals surface area contributed by atoms with Crippen molar-refractivity contribution in [2.75, 3.05) is 0 Å². The Balaban J connectivity index is 1.75. The third kappa shape index (κ3) is 3.52. The Morgan fingerprint density at radius 1 is 1.17 bits per heavy atom. The zero-order chi connectivity index (χ0) is 12.8. The third-order valence-electron chi connectivity index (χ3n) is 3.73. The number of benzene rings is 1. The van der Waals surface area contributed by atoms with Crippen molar-refractivity contribution in [2.45, 2.75) is 44.9 Å². The van der Waals surface area contributed by atoms with Gasteiger partial charge in [-0.3, -0.25) is 9.59 Å². The van der Waals surface area contributed by atoms with Gasteiger partial charge in [0.15, 0.2) is 5.78 Å². The third-order valence-corrected chi connectivity index (χ3v) is 3.73. The Morgan fingerprint density at radius 3 is 2.67 bits per heavy atom. The smallest absolute Gasteiger partial charge is 0.162 e. The highest BCUT2D eigenvalue weighted by atomic mass is 16.1. The summed E-state index contributed by atoms with van der Waals surface area (Å²) in [4.78, 5) is 23.5. The van der Waals surface area contributed by atoms with Crippen LogP contribution in [0, 0.1) is 5.92 Å². The Kier molecular flexibility index (Phi) is 4.68. The molecule has 0 aromatic heterocycles. The molecule has 0 bridgehead atoms. The summed E-state index contributed by atoms with van der Waals surface area (Å²) in [5.41, 5.74) is 0.785. The van der Waals surface area contributed by atoms with Crippen molar-refractivity contribution >= 4 is 11.6 Å². The van der Waals surface area contributed by atoms with Crippen LogP contribution in [-0.4, -0.2) is 11.6 Å². The molecule has 0 aliphatic heterocycles. The van der Waals surface area contributed by atoms with Crippen molar-refractivity contribution in [3.05, 3.63) is 35.9 Å². The Hall–Kier alpha value is -1.44. The summed E-state index contributed by atoms with van der Waals surface area (Å²) in [6.07, 6.45) is 6.28. The first-order chi connectivity index (χ1) is 8.77. The van der Waals surface area contributed by atoms with Gasteiger partial charge in [-0.15, -0.1) is 0 Å². The number of ketones is 2. The van der Waals surface area contributed by atoms with Crippen molar-refractivity contribution in [1.29, 1.82) is 0 Å².